The molecule has 194 valence electrons. The first-order valence-corrected chi connectivity index (χ1v) is 12.3. The number of aryl methyl sites for hydroxylation is 1. The van der Waals surface area contributed by atoms with Crippen LogP contribution < -0.4 is 4.74 Å². The van der Waals surface area contributed by atoms with Gasteiger partial charge in [-0.15, -0.1) is 17.5 Å². The Hall–Kier alpha value is -3.33. The van der Waals surface area contributed by atoms with Gasteiger partial charge in [0.2, 0.25) is 0 Å². The highest BCUT2D eigenvalue weighted by Gasteiger charge is 2.30. The first-order chi connectivity index (χ1) is 17.6. The molecule has 0 aliphatic carbocycles. The Balaban J connectivity index is 0.00000320. The molecule has 1 fully saturated rings. The molecular formula is C28H32ClFN6O. The number of hydrogen-bond donors (Lipinski definition) is 0. The van der Waals surface area contributed by atoms with Crippen molar-refractivity contribution in [2.24, 2.45) is 0 Å². The number of rotatable bonds is 8. The first-order valence-electron chi connectivity index (χ1n) is 12.3. The van der Waals surface area contributed by atoms with E-state index in [1.807, 2.05) is 16.8 Å². The van der Waals surface area contributed by atoms with Crippen molar-refractivity contribution in [3.63, 3.8) is 0 Å². The smallest absolute Gasteiger partial charge is 0.173 e. The second-order valence-corrected chi connectivity index (χ2v) is 9.26. The van der Waals surface area contributed by atoms with E-state index in [4.69, 9.17) is 4.74 Å². The molecule has 1 aliphatic heterocycles. The highest BCUT2D eigenvalue weighted by molar-refractivity contribution is 5.85. The fourth-order valence-corrected chi connectivity index (χ4v) is 4.81. The Kier molecular flexibility index (Phi) is 8.87. The van der Waals surface area contributed by atoms with Crippen molar-refractivity contribution in [1.29, 1.82) is 0 Å². The van der Waals surface area contributed by atoms with Crippen molar-refractivity contribution in [2.75, 3.05) is 33.3 Å². The molecule has 37 heavy (non-hydrogen) atoms. The van der Waals surface area contributed by atoms with Crippen LogP contribution in [0.5, 0.6) is 5.75 Å². The fourth-order valence-electron chi connectivity index (χ4n) is 4.81. The summed E-state index contributed by atoms with van der Waals surface area (Å²) in [6, 6.07) is 23.2. The average molecular weight is 523 g/mol. The summed E-state index contributed by atoms with van der Waals surface area (Å²) in [4.78, 5) is 4.91. The number of halogens is 2. The number of ether oxygens (including phenoxy) is 1. The maximum atomic E-state index is 13.4. The van der Waals surface area contributed by atoms with Gasteiger partial charge >= 0.3 is 0 Å². The zero-order valence-electron chi connectivity index (χ0n) is 21.1. The van der Waals surface area contributed by atoms with E-state index in [9.17, 15) is 4.39 Å². The molecular weight excluding hydrogens is 491 g/mol. The highest BCUT2D eigenvalue weighted by atomic mass is 35.5. The zero-order chi connectivity index (χ0) is 24.9. The number of hydrogen-bond acceptors (Lipinski definition) is 6. The lowest BCUT2D eigenvalue weighted by Crippen LogP contribution is -2.48. The molecule has 3 aromatic carbocycles. The fraction of sp³-hybridized carbons (Fsp3) is 0.321. The third-order valence-corrected chi connectivity index (χ3v) is 6.80. The highest BCUT2D eigenvalue weighted by Crippen LogP contribution is 2.29. The van der Waals surface area contributed by atoms with E-state index < -0.39 is 0 Å². The van der Waals surface area contributed by atoms with Crippen molar-refractivity contribution >= 4 is 12.4 Å². The Bertz CT molecular complexity index is 1270. The molecule has 0 N–H and O–H groups in total. The lowest BCUT2D eigenvalue weighted by atomic mass is 10.0. The van der Waals surface area contributed by atoms with Crippen LogP contribution in [-0.4, -0.2) is 63.3 Å². The van der Waals surface area contributed by atoms with E-state index in [0.717, 1.165) is 55.4 Å². The Morgan fingerprint density at radius 2 is 1.59 bits per heavy atom. The minimum absolute atomic E-state index is 0. The summed E-state index contributed by atoms with van der Waals surface area (Å²) in [7, 11) is 1.72. The molecule has 9 heteroatoms. The molecule has 1 unspecified atom stereocenters. The van der Waals surface area contributed by atoms with Crippen molar-refractivity contribution in [3.8, 4) is 5.75 Å². The Labute approximate surface area is 223 Å². The van der Waals surface area contributed by atoms with Gasteiger partial charge in [-0.05, 0) is 46.7 Å². The second kappa shape index (κ2) is 12.3. The largest absolute Gasteiger partial charge is 0.496 e. The Morgan fingerprint density at radius 3 is 2.30 bits per heavy atom. The quantitative estimate of drug-likeness (QED) is 0.339. The summed E-state index contributed by atoms with van der Waals surface area (Å²) in [5, 5.41) is 12.8. The predicted molar refractivity (Wildman–Crippen MR) is 143 cm³/mol. The average Bonchev–Trinajstić information content (AvgIpc) is 3.35. The number of benzene rings is 3. The Morgan fingerprint density at radius 1 is 0.892 bits per heavy atom. The molecule has 1 saturated heterocycles. The maximum absolute atomic E-state index is 13.4. The summed E-state index contributed by atoms with van der Waals surface area (Å²) >= 11 is 0. The standard InChI is InChI=1S/C28H31FN6O.ClH/c1-21-7-11-23(12-8-21)27(28-30-31-32-35(28)19-22-9-13-25(29)14-10-22)34-17-15-33(16-18-34)20-24-5-3-4-6-26(24)36-2;/h3-14,27H,15-20H2,1-2H3;1H. The number of piperazine rings is 1. The monoisotopic (exact) mass is 522 g/mol. The zero-order valence-corrected chi connectivity index (χ0v) is 21.9. The molecule has 1 atom stereocenters. The second-order valence-electron chi connectivity index (χ2n) is 9.26. The van der Waals surface area contributed by atoms with E-state index >= 15 is 0 Å². The molecule has 0 saturated carbocycles. The summed E-state index contributed by atoms with van der Waals surface area (Å²) in [6.45, 7) is 7.07. The van der Waals surface area contributed by atoms with Crippen LogP contribution in [0.2, 0.25) is 0 Å². The van der Waals surface area contributed by atoms with E-state index in [-0.39, 0.29) is 24.3 Å². The molecule has 5 rings (SSSR count). The molecule has 0 radical (unpaired) electrons. The SMILES string of the molecule is COc1ccccc1CN1CCN(C(c2ccc(C)cc2)c2nnnn2Cc2ccc(F)cc2)CC1.Cl. The minimum Gasteiger partial charge on any atom is -0.496 e. The van der Waals surface area contributed by atoms with Crippen LogP contribution in [0.15, 0.2) is 72.8 Å². The van der Waals surface area contributed by atoms with E-state index in [1.165, 1.54) is 23.3 Å². The van der Waals surface area contributed by atoms with Crippen LogP contribution in [0.25, 0.3) is 0 Å². The van der Waals surface area contributed by atoms with E-state index in [2.05, 4.69) is 68.6 Å². The number of para-hydroxylation sites is 1. The predicted octanol–water partition coefficient (Wildman–Crippen LogP) is 4.51. The van der Waals surface area contributed by atoms with Crippen LogP contribution in [-0.2, 0) is 13.1 Å². The van der Waals surface area contributed by atoms with E-state index in [1.54, 1.807) is 19.2 Å². The minimum atomic E-state index is -0.251. The number of nitrogens with zero attached hydrogens (tertiary/aromatic N) is 6. The van der Waals surface area contributed by atoms with E-state index in [0.29, 0.717) is 6.54 Å². The van der Waals surface area contributed by atoms with Crippen LogP contribution in [0, 0.1) is 12.7 Å². The summed E-state index contributed by atoms with van der Waals surface area (Å²) in [6.07, 6.45) is 0. The summed E-state index contributed by atoms with van der Waals surface area (Å²) < 4.78 is 20.8. The molecule has 7 nitrogen and oxygen atoms in total. The maximum Gasteiger partial charge on any atom is 0.173 e. The summed E-state index contributed by atoms with van der Waals surface area (Å²) in [5.74, 6) is 1.47. The summed E-state index contributed by atoms with van der Waals surface area (Å²) in [5.41, 5.74) is 4.53. The molecule has 0 amide bonds. The molecule has 2 heterocycles. The molecule has 1 aromatic heterocycles. The number of methoxy groups -OCH3 is 1. The van der Waals surface area contributed by atoms with Gasteiger partial charge in [0.1, 0.15) is 11.6 Å². The van der Waals surface area contributed by atoms with Gasteiger partial charge in [-0.3, -0.25) is 9.80 Å². The van der Waals surface area contributed by atoms with Gasteiger partial charge < -0.3 is 4.74 Å². The van der Waals surface area contributed by atoms with Gasteiger partial charge in [-0.25, -0.2) is 9.07 Å². The van der Waals surface area contributed by atoms with Crippen molar-refractivity contribution < 1.29 is 9.13 Å². The lowest BCUT2D eigenvalue weighted by Gasteiger charge is -2.39. The lowest BCUT2D eigenvalue weighted by molar-refractivity contribution is 0.0997. The van der Waals surface area contributed by atoms with Crippen molar-refractivity contribution in [1.82, 2.24) is 30.0 Å². The molecule has 0 bridgehead atoms. The topological polar surface area (TPSA) is 59.3 Å². The van der Waals surface area contributed by atoms with Crippen LogP contribution in [0.1, 0.15) is 34.1 Å². The van der Waals surface area contributed by atoms with Gasteiger partial charge in [-0.1, -0.05) is 60.2 Å². The van der Waals surface area contributed by atoms with Gasteiger partial charge in [0.25, 0.3) is 0 Å². The van der Waals surface area contributed by atoms with Crippen LogP contribution in [0.3, 0.4) is 0 Å². The van der Waals surface area contributed by atoms with Gasteiger partial charge in [-0.2, -0.15) is 0 Å². The third kappa shape index (κ3) is 6.33. The molecule has 0 spiro atoms. The number of aromatic nitrogens is 4. The van der Waals surface area contributed by atoms with Crippen molar-refractivity contribution in [2.45, 2.75) is 26.1 Å². The van der Waals surface area contributed by atoms with Crippen molar-refractivity contribution in [3.05, 3.63) is 107 Å². The van der Waals surface area contributed by atoms with Crippen LogP contribution in [0.4, 0.5) is 4.39 Å². The van der Waals surface area contributed by atoms with Crippen LogP contribution >= 0.6 is 12.4 Å². The molecule has 4 aromatic rings. The first kappa shape index (κ1) is 26.7. The van der Waals surface area contributed by atoms with Gasteiger partial charge in [0.05, 0.1) is 19.7 Å². The van der Waals surface area contributed by atoms with Gasteiger partial charge in [0, 0.05) is 38.3 Å². The third-order valence-electron chi connectivity index (χ3n) is 6.80. The normalized spacial score (nSPS) is 15.2. The van der Waals surface area contributed by atoms with Gasteiger partial charge in [0.15, 0.2) is 5.82 Å². The molecule has 1 aliphatic rings. The number of tetrazole rings is 1.